The predicted octanol–water partition coefficient (Wildman–Crippen LogP) is 2.15. The van der Waals surface area contributed by atoms with Gasteiger partial charge in [-0.1, -0.05) is 12.1 Å². The molecule has 0 amide bonds. The van der Waals surface area contributed by atoms with Crippen LogP contribution in [-0.4, -0.2) is 9.97 Å². The molecule has 0 aliphatic rings. The van der Waals surface area contributed by atoms with E-state index in [-0.39, 0.29) is 0 Å². The van der Waals surface area contributed by atoms with Crippen LogP contribution in [0.25, 0.3) is 0 Å². The Labute approximate surface area is 95.4 Å². The molecular weight excluding hydrogens is 198 g/mol. The monoisotopic (exact) mass is 213 g/mol. The number of rotatable bonds is 3. The molecule has 0 atom stereocenters. The molecule has 3 nitrogen and oxygen atoms in total. The highest BCUT2D eigenvalue weighted by Crippen LogP contribution is 2.08. The Morgan fingerprint density at radius 2 is 1.81 bits per heavy atom. The molecule has 0 saturated heterocycles. The van der Waals surface area contributed by atoms with Gasteiger partial charge in [0.2, 0.25) is 0 Å². The fourth-order valence-electron chi connectivity index (χ4n) is 1.56. The fraction of sp³-hybridized carbons (Fsp3) is 0.231. The van der Waals surface area contributed by atoms with Gasteiger partial charge in [0.25, 0.3) is 0 Å². The van der Waals surface area contributed by atoms with Crippen LogP contribution in [0.3, 0.4) is 0 Å². The van der Waals surface area contributed by atoms with Gasteiger partial charge in [-0.25, -0.2) is 9.97 Å². The molecule has 3 heteroatoms. The summed E-state index contributed by atoms with van der Waals surface area (Å²) in [5, 5.41) is 0. The van der Waals surface area contributed by atoms with Crippen molar-refractivity contribution in [1.29, 1.82) is 0 Å². The minimum absolute atomic E-state index is 0.801. The normalized spacial score (nSPS) is 10.3. The molecule has 0 unspecified atom stereocenters. The second-order valence-electron chi connectivity index (χ2n) is 3.86. The summed E-state index contributed by atoms with van der Waals surface area (Å²) >= 11 is 0. The first-order valence-corrected chi connectivity index (χ1v) is 5.37. The van der Waals surface area contributed by atoms with Gasteiger partial charge >= 0.3 is 0 Å². The van der Waals surface area contributed by atoms with E-state index in [0.29, 0.717) is 0 Å². The van der Waals surface area contributed by atoms with Gasteiger partial charge < -0.3 is 5.73 Å². The van der Waals surface area contributed by atoms with E-state index in [9.17, 15) is 0 Å². The average Bonchev–Trinajstić information content (AvgIpc) is 2.28. The highest BCUT2D eigenvalue weighted by Gasteiger charge is 1.98. The number of hydrogen-bond donors (Lipinski definition) is 1. The zero-order valence-electron chi connectivity index (χ0n) is 9.35. The number of nitrogens with zero attached hydrogens (tertiary/aromatic N) is 2. The number of hydrogen-bond acceptors (Lipinski definition) is 3. The Hall–Kier alpha value is -1.90. The molecule has 2 rings (SSSR count). The summed E-state index contributed by atoms with van der Waals surface area (Å²) < 4.78 is 0. The number of nitrogen functional groups attached to an aromatic ring is 1. The molecule has 0 radical (unpaired) electrons. The van der Waals surface area contributed by atoms with Crippen molar-refractivity contribution >= 4 is 5.69 Å². The highest BCUT2D eigenvalue weighted by molar-refractivity contribution is 5.39. The van der Waals surface area contributed by atoms with Gasteiger partial charge in [-0.3, -0.25) is 0 Å². The van der Waals surface area contributed by atoms with Crippen LogP contribution >= 0.6 is 0 Å². The van der Waals surface area contributed by atoms with Crippen molar-refractivity contribution in [3.8, 4) is 0 Å². The van der Waals surface area contributed by atoms with E-state index in [4.69, 9.17) is 5.73 Å². The van der Waals surface area contributed by atoms with Crippen molar-refractivity contribution in [2.75, 3.05) is 5.73 Å². The van der Waals surface area contributed by atoms with Crippen LogP contribution < -0.4 is 5.73 Å². The van der Waals surface area contributed by atoms with Crippen molar-refractivity contribution < 1.29 is 0 Å². The number of anilines is 1. The number of nitrogens with two attached hydrogens (primary N) is 1. The van der Waals surface area contributed by atoms with Crippen LogP contribution in [0.15, 0.2) is 36.5 Å². The summed E-state index contributed by atoms with van der Waals surface area (Å²) in [6.45, 7) is 1.98. The highest BCUT2D eigenvalue weighted by atomic mass is 14.9. The van der Waals surface area contributed by atoms with Gasteiger partial charge in [-0.05, 0) is 37.1 Å². The van der Waals surface area contributed by atoms with Crippen molar-refractivity contribution in [2.45, 2.75) is 19.8 Å². The van der Waals surface area contributed by atoms with Gasteiger partial charge in [-0.2, -0.15) is 0 Å². The lowest BCUT2D eigenvalue weighted by Gasteiger charge is -2.02. The first-order valence-electron chi connectivity index (χ1n) is 5.37. The van der Waals surface area contributed by atoms with Crippen LogP contribution in [0.1, 0.15) is 17.1 Å². The minimum atomic E-state index is 0.801. The first kappa shape index (κ1) is 10.6. The molecule has 1 heterocycles. The molecule has 0 spiro atoms. The zero-order valence-corrected chi connectivity index (χ0v) is 9.35. The topological polar surface area (TPSA) is 51.8 Å². The molecule has 2 aromatic rings. The SMILES string of the molecule is Cc1ccnc(CCc2ccc(N)cc2)n1. The fourth-order valence-corrected chi connectivity index (χ4v) is 1.56. The third-order valence-electron chi connectivity index (χ3n) is 2.46. The smallest absolute Gasteiger partial charge is 0.128 e. The van der Waals surface area contributed by atoms with Crippen LogP contribution in [0.4, 0.5) is 5.69 Å². The summed E-state index contributed by atoms with van der Waals surface area (Å²) in [5.74, 6) is 0.900. The molecule has 1 aromatic carbocycles. The minimum Gasteiger partial charge on any atom is -0.399 e. The Morgan fingerprint density at radius 3 is 2.50 bits per heavy atom. The molecule has 16 heavy (non-hydrogen) atoms. The maximum atomic E-state index is 5.63. The Bertz CT molecular complexity index is 463. The van der Waals surface area contributed by atoms with Gasteiger partial charge in [-0.15, -0.1) is 0 Å². The lowest BCUT2D eigenvalue weighted by Crippen LogP contribution is -1.99. The summed E-state index contributed by atoms with van der Waals surface area (Å²) in [4.78, 5) is 8.61. The lowest BCUT2D eigenvalue weighted by molar-refractivity contribution is 0.846. The molecule has 0 aliphatic carbocycles. The van der Waals surface area contributed by atoms with Gasteiger partial charge in [0.15, 0.2) is 0 Å². The quantitative estimate of drug-likeness (QED) is 0.795. The van der Waals surface area contributed by atoms with E-state index in [1.54, 1.807) is 6.20 Å². The maximum Gasteiger partial charge on any atom is 0.128 e. The molecule has 0 bridgehead atoms. The summed E-state index contributed by atoms with van der Waals surface area (Å²) in [5.41, 5.74) is 8.71. The molecule has 1 aromatic heterocycles. The lowest BCUT2D eigenvalue weighted by atomic mass is 10.1. The summed E-state index contributed by atoms with van der Waals surface area (Å²) in [6, 6.07) is 9.85. The Kier molecular flexibility index (Phi) is 3.15. The average molecular weight is 213 g/mol. The van der Waals surface area contributed by atoms with Gasteiger partial charge in [0, 0.05) is 24.0 Å². The Morgan fingerprint density at radius 1 is 1.06 bits per heavy atom. The van der Waals surface area contributed by atoms with E-state index >= 15 is 0 Å². The second-order valence-corrected chi connectivity index (χ2v) is 3.86. The van der Waals surface area contributed by atoms with E-state index in [1.165, 1.54) is 5.56 Å². The van der Waals surface area contributed by atoms with Gasteiger partial charge in [0.1, 0.15) is 5.82 Å². The third kappa shape index (κ3) is 2.79. The molecule has 0 saturated carbocycles. The second kappa shape index (κ2) is 4.75. The van der Waals surface area contributed by atoms with Crippen LogP contribution in [-0.2, 0) is 12.8 Å². The summed E-state index contributed by atoms with van der Waals surface area (Å²) in [7, 11) is 0. The van der Waals surface area contributed by atoms with Crippen molar-refractivity contribution in [2.24, 2.45) is 0 Å². The van der Waals surface area contributed by atoms with Crippen LogP contribution in [0, 0.1) is 6.92 Å². The van der Waals surface area contributed by atoms with E-state index in [0.717, 1.165) is 30.0 Å². The molecular formula is C13H15N3. The maximum absolute atomic E-state index is 5.63. The van der Waals surface area contributed by atoms with E-state index in [1.807, 2.05) is 37.3 Å². The number of benzene rings is 1. The predicted molar refractivity (Wildman–Crippen MR) is 65.0 cm³/mol. The van der Waals surface area contributed by atoms with Crippen molar-refractivity contribution in [3.05, 3.63) is 53.6 Å². The van der Waals surface area contributed by atoms with Crippen molar-refractivity contribution in [3.63, 3.8) is 0 Å². The largest absolute Gasteiger partial charge is 0.399 e. The Balaban J connectivity index is 1.99. The van der Waals surface area contributed by atoms with E-state index < -0.39 is 0 Å². The van der Waals surface area contributed by atoms with E-state index in [2.05, 4.69) is 9.97 Å². The first-order chi connectivity index (χ1) is 7.74. The molecule has 82 valence electrons. The van der Waals surface area contributed by atoms with Crippen molar-refractivity contribution in [1.82, 2.24) is 9.97 Å². The number of aryl methyl sites for hydroxylation is 3. The standard InChI is InChI=1S/C13H15N3/c1-10-8-9-15-13(16-10)7-4-11-2-5-12(14)6-3-11/h2-3,5-6,8-9H,4,7,14H2,1H3. The third-order valence-corrected chi connectivity index (χ3v) is 2.46. The summed E-state index contributed by atoms with van der Waals surface area (Å²) in [6.07, 6.45) is 3.62. The van der Waals surface area contributed by atoms with Crippen LogP contribution in [0.5, 0.6) is 0 Å². The molecule has 0 aliphatic heterocycles. The van der Waals surface area contributed by atoms with Crippen LogP contribution in [0.2, 0.25) is 0 Å². The number of aromatic nitrogens is 2. The zero-order chi connectivity index (χ0) is 11.4. The molecule has 2 N–H and O–H groups in total. The van der Waals surface area contributed by atoms with Gasteiger partial charge in [0.05, 0.1) is 0 Å². The molecule has 0 fully saturated rings.